The monoisotopic (exact) mass is 489 g/mol. The van der Waals surface area contributed by atoms with E-state index < -0.39 is 0 Å². The summed E-state index contributed by atoms with van der Waals surface area (Å²) in [6, 6.07) is 11.3. The van der Waals surface area contributed by atoms with Crippen LogP contribution in [-0.2, 0) is 11.2 Å². The van der Waals surface area contributed by atoms with Crippen molar-refractivity contribution in [3.63, 3.8) is 0 Å². The van der Waals surface area contributed by atoms with Crippen molar-refractivity contribution in [2.45, 2.75) is 51.7 Å². The fourth-order valence-electron chi connectivity index (χ4n) is 4.56. The van der Waals surface area contributed by atoms with Crippen molar-refractivity contribution in [2.75, 3.05) is 26.7 Å². The number of nitrogens with zero attached hydrogens (tertiary/aromatic N) is 3. The van der Waals surface area contributed by atoms with Gasteiger partial charge in [0.15, 0.2) is 0 Å². The van der Waals surface area contributed by atoms with Crippen LogP contribution in [0.1, 0.15) is 54.6 Å². The summed E-state index contributed by atoms with van der Waals surface area (Å²) in [5.74, 6) is 6.44. The molecule has 1 aromatic carbocycles. The minimum atomic E-state index is -0.367. The lowest BCUT2D eigenvalue weighted by Gasteiger charge is -2.38. The molecule has 1 saturated carbocycles. The Labute approximate surface area is 213 Å². The number of hydrogen-bond acceptors (Lipinski definition) is 5. The Morgan fingerprint density at radius 3 is 2.72 bits per heavy atom. The van der Waals surface area contributed by atoms with E-state index in [0.29, 0.717) is 30.6 Å². The summed E-state index contributed by atoms with van der Waals surface area (Å²) >= 11 is 0. The smallest absolute Gasteiger partial charge is 0.259 e. The Bertz CT molecular complexity index is 1140. The highest BCUT2D eigenvalue weighted by atomic mass is 16.5. The second kappa shape index (κ2) is 11.6. The van der Waals surface area contributed by atoms with Gasteiger partial charge in [0, 0.05) is 43.6 Å². The van der Waals surface area contributed by atoms with Crippen LogP contribution in [0, 0.1) is 23.7 Å². The molecule has 1 aliphatic heterocycles. The molecular weight excluding hydrogens is 454 g/mol. The van der Waals surface area contributed by atoms with Crippen molar-refractivity contribution < 1.29 is 19.4 Å². The van der Waals surface area contributed by atoms with Crippen LogP contribution in [0.4, 0.5) is 0 Å². The van der Waals surface area contributed by atoms with Gasteiger partial charge in [0.05, 0.1) is 19.2 Å². The van der Waals surface area contributed by atoms with Crippen LogP contribution in [0.3, 0.4) is 0 Å². The third-order valence-electron chi connectivity index (χ3n) is 7.17. The number of likely N-dealkylation sites (N-methyl/N-ethyl adjacent to an activating group) is 1. The van der Waals surface area contributed by atoms with E-state index in [1.165, 1.54) is 0 Å². The number of ether oxygens (including phenoxy) is 1. The van der Waals surface area contributed by atoms with Gasteiger partial charge in [0.25, 0.3) is 5.91 Å². The molecule has 3 atom stereocenters. The van der Waals surface area contributed by atoms with Crippen molar-refractivity contribution in [2.24, 2.45) is 11.8 Å². The molecule has 4 rings (SSSR count). The van der Waals surface area contributed by atoms with Gasteiger partial charge in [-0.25, -0.2) is 4.98 Å². The number of amides is 2. The summed E-state index contributed by atoms with van der Waals surface area (Å²) in [5, 5.41) is 9.84. The average molecular weight is 490 g/mol. The maximum Gasteiger partial charge on any atom is 0.259 e. The second-order valence-electron chi connectivity index (χ2n) is 10.0. The van der Waals surface area contributed by atoms with Crippen molar-refractivity contribution >= 4 is 11.8 Å². The number of hydrogen-bond donors (Lipinski definition) is 1. The molecule has 0 bridgehead atoms. The van der Waals surface area contributed by atoms with Gasteiger partial charge < -0.3 is 19.6 Å². The van der Waals surface area contributed by atoms with Crippen LogP contribution in [0.15, 0.2) is 42.6 Å². The number of fused-ring (bicyclic) bond motifs is 1. The van der Waals surface area contributed by atoms with E-state index in [2.05, 4.69) is 16.8 Å². The molecule has 7 heteroatoms. The van der Waals surface area contributed by atoms with E-state index in [4.69, 9.17) is 4.74 Å². The fraction of sp³-hybridized carbons (Fsp3) is 0.483. The first kappa shape index (κ1) is 25.7. The van der Waals surface area contributed by atoms with Crippen molar-refractivity contribution in [1.82, 2.24) is 14.8 Å². The van der Waals surface area contributed by atoms with E-state index in [0.717, 1.165) is 24.8 Å². The molecule has 36 heavy (non-hydrogen) atoms. The third-order valence-corrected chi connectivity index (χ3v) is 7.17. The van der Waals surface area contributed by atoms with E-state index in [9.17, 15) is 14.7 Å². The number of aliphatic hydroxyl groups is 1. The Hall–Kier alpha value is -3.37. The molecular formula is C29H35N3O4. The zero-order chi connectivity index (χ0) is 25.7. The molecule has 2 aliphatic rings. The van der Waals surface area contributed by atoms with Gasteiger partial charge in [-0.3, -0.25) is 9.59 Å². The molecule has 0 radical (unpaired) electrons. The fourth-order valence-corrected chi connectivity index (χ4v) is 4.56. The van der Waals surface area contributed by atoms with Crippen molar-refractivity contribution in [1.29, 1.82) is 0 Å². The lowest BCUT2D eigenvalue weighted by Crippen LogP contribution is -2.51. The van der Waals surface area contributed by atoms with Gasteiger partial charge in [0.1, 0.15) is 11.7 Å². The average Bonchev–Trinajstić information content (AvgIpc) is 2.85. The van der Waals surface area contributed by atoms with Gasteiger partial charge in [-0.2, -0.15) is 0 Å². The maximum absolute atomic E-state index is 13.5. The van der Waals surface area contributed by atoms with Crippen LogP contribution in [0.2, 0.25) is 0 Å². The summed E-state index contributed by atoms with van der Waals surface area (Å²) in [4.78, 5) is 34.2. The number of carbonyl (C=O) groups is 2. The molecule has 0 saturated heterocycles. The summed E-state index contributed by atoms with van der Waals surface area (Å²) in [5.41, 5.74) is 2.07. The highest BCUT2D eigenvalue weighted by molar-refractivity contribution is 5.97. The van der Waals surface area contributed by atoms with Gasteiger partial charge in [-0.15, -0.1) is 0 Å². The van der Waals surface area contributed by atoms with Crippen LogP contribution < -0.4 is 4.74 Å². The molecule has 7 nitrogen and oxygen atoms in total. The Morgan fingerprint density at radius 1 is 1.31 bits per heavy atom. The first-order chi connectivity index (χ1) is 17.4. The largest absolute Gasteiger partial charge is 0.472 e. The third kappa shape index (κ3) is 5.88. The van der Waals surface area contributed by atoms with Crippen molar-refractivity contribution in [3.8, 4) is 17.7 Å². The Balaban J connectivity index is 1.60. The van der Waals surface area contributed by atoms with Gasteiger partial charge in [-0.1, -0.05) is 55.5 Å². The molecule has 1 N–H and O–H groups in total. The normalized spacial score (nSPS) is 20.6. The Morgan fingerprint density at radius 2 is 2.06 bits per heavy atom. The van der Waals surface area contributed by atoms with E-state index in [1.807, 2.05) is 51.2 Å². The number of aliphatic hydroxyl groups excluding tert-OH is 1. The topological polar surface area (TPSA) is 83.0 Å². The van der Waals surface area contributed by atoms with Crippen LogP contribution in [-0.4, -0.2) is 70.6 Å². The number of benzene rings is 1. The van der Waals surface area contributed by atoms with Gasteiger partial charge >= 0.3 is 0 Å². The van der Waals surface area contributed by atoms with E-state index >= 15 is 0 Å². The molecule has 0 spiro atoms. The lowest BCUT2D eigenvalue weighted by molar-refractivity contribution is -0.138. The van der Waals surface area contributed by atoms with Crippen LogP contribution in [0.5, 0.6) is 5.88 Å². The van der Waals surface area contributed by atoms with Crippen molar-refractivity contribution in [3.05, 3.63) is 59.3 Å². The summed E-state index contributed by atoms with van der Waals surface area (Å²) < 4.78 is 6.30. The summed E-state index contributed by atoms with van der Waals surface area (Å²) in [7, 11) is 1.81. The molecule has 1 aromatic heterocycles. The minimum Gasteiger partial charge on any atom is -0.472 e. The molecule has 1 fully saturated rings. The number of carbonyl (C=O) groups excluding carboxylic acids is 2. The molecule has 1 aliphatic carbocycles. The van der Waals surface area contributed by atoms with E-state index in [1.54, 1.807) is 22.1 Å². The second-order valence-corrected chi connectivity index (χ2v) is 10.0. The van der Waals surface area contributed by atoms with Gasteiger partial charge in [-0.05, 0) is 31.4 Å². The highest BCUT2D eigenvalue weighted by Gasteiger charge is 2.36. The molecule has 2 aromatic rings. The van der Waals surface area contributed by atoms with Crippen LogP contribution in [0.25, 0.3) is 0 Å². The van der Waals surface area contributed by atoms with Gasteiger partial charge in [0.2, 0.25) is 11.8 Å². The van der Waals surface area contributed by atoms with Crippen LogP contribution >= 0.6 is 0 Å². The lowest BCUT2D eigenvalue weighted by atomic mass is 9.84. The first-order valence-electron chi connectivity index (χ1n) is 12.7. The predicted octanol–water partition coefficient (Wildman–Crippen LogP) is 3.15. The minimum absolute atomic E-state index is 0.0696. The maximum atomic E-state index is 13.5. The SMILES string of the molecule is C[C@@H]1CN([C@H](C)CO)C(=O)c2cc(C#CCc3ccccc3)cnc2O[C@H]1CN(C)C(=O)C1CCC1. The highest BCUT2D eigenvalue weighted by Crippen LogP contribution is 2.30. The molecule has 0 unspecified atom stereocenters. The number of rotatable bonds is 6. The van der Waals surface area contributed by atoms with E-state index in [-0.39, 0.29) is 48.3 Å². The zero-order valence-corrected chi connectivity index (χ0v) is 21.3. The number of aromatic nitrogens is 1. The summed E-state index contributed by atoms with van der Waals surface area (Å²) in [6.07, 6.45) is 4.86. The summed E-state index contributed by atoms with van der Waals surface area (Å²) in [6.45, 7) is 4.49. The Kier molecular flexibility index (Phi) is 8.27. The standard InChI is InChI=1S/C29H35N3O4/c1-20-17-32(21(2)19-33)29(35)25-15-23(12-7-11-22-9-5-4-6-10-22)16-30-27(25)36-26(20)18-31(3)28(34)24-13-8-14-24/h4-6,9-10,15-16,20-21,24,26,33H,8,11,13-14,17-19H2,1-3H3/t20-,21-,26+/m1/s1. The molecule has 2 amide bonds. The molecule has 190 valence electrons. The molecule has 2 heterocycles. The predicted molar refractivity (Wildman–Crippen MR) is 137 cm³/mol. The zero-order valence-electron chi connectivity index (χ0n) is 21.3. The quantitative estimate of drug-likeness (QED) is 0.631. The number of pyridine rings is 1. The first-order valence-corrected chi connectivity index (χ1v) is 12.7.